The normalized spacial score (nSPS) is 15.4. The average molecular weight is 331 g/mol. The summed E-state index contributed by atoms with van der Waals surface area (Å²) in [6.07, 6.45) is 2.92. The number of nitrogens with zero attached hydrogens (tertiary/aromatic N) is 1. The van der Waals surface area contributed by atoms with Gasteiger partial charge in [-0.3, -0.25) is 4.79 Å². The highest BCUT2D eigenvalue weighted by atomic mass is 16.2. The Morgan fingerprint density at radius 2 is 1.96 bits per heavy atom. The molecule has 0 aliphatic carbocycles. The van der Waals surface area contributed by atoms with Crippen LogP contribution >= 0.6 is 0 Å². The van der Waals surface area contributed by atoms with E-state index in [-0.39, 0.29) is 24.0 Å². The fraction of sp³-hybridized carbons (Fsp3) is 0.579. The van der Waals surface area contributed by atoms with Crippen molar-refractivity contribution < 1.29 is 9.59 Å². The Morgan fingerprint density at radius 1 is 1.25 bits per heavy atom. The number of nitrogens with one attached hydrogen (secondary N) is 2. The van der Waals surface area contributed by atoms with Crippen LogP contribution in [0.2, 0.25) is 0 Å². The smallest absolute Gasteiger partial charge is 0.317 e. The van der Waals surface area contributed by atoms with Crippen molar-refractivity contribution >= 4 is 11.9 Å². The van der Waals surface area contributed by atoms with Gasteiger partial charge in [-0.25, -0.2) is 4.79 Å². The van der Waals surface area contributed by atoms with Crippen LogP contribution in [0.3, 0.4) is 0 Å². The summed E-state index contributed by atoms with van der Waals surface area (Å²) in [5.41, 5.74) is 2.42. The van der Waals surface area contributed by atoms with E-state index < -0.39 is 0 Å². The zero-order valence-corrected chi connectivity index (χ0v) is 15.0. The predicted molar refractivity (Wildman–Crippen MR) is 95.9 cm³/mol. The molecule has 0 unspecified atom stereocenters. The van der Waals surface area contributed by atoms with Gasteiger partial charge >= 0.3 is 6.03 Å². The summed E-state index contributed by atoms with van der Waals surface area (Å²) in [5.74, 6) is 0.0987. The highest BCUT2D eigenvalue weighted by molar-refractivity contribution is 5.77. The van der Waals surface area contributed by atoms with Crippen LogP contribution in [-0.4, -0.2) is 42.0 Å². The van der Waals surface area contributed by atoms with E-state index in [9.17, 15) is 9.59 Å². The number of likely N-dealkylation sites (tertiary alicyclic amines) is 1. The molecule has 1 aromatic carbocycles. The average Bonchev–Trinajstić information content (AvgIpc) is 2.53. The van der Waals surface area contributed by atoms with Crippen LogP contribution in [0.4, 0.5) is 4.79 Å². The lowest BCUT2D eigenvalue weighted by atomic mass is 10.0. The molecule has 1 heterocycles. The van der Waals surface area contributed by atoms with E-state index in [1.54, 1.807) is 0 Å². The van der Waals surface area contributed by atoms with Crippen LogP contribution in [0.1, 0.15) is 44.2 Å². The second-order valence-electron chi connectivity index (χ2n) is 6.92. The molecule has 1 aliphatic heterocycles. The number of aryl methyl sites for hydroxylation is 2. The van der Waals surface area contributed by atoms with Crippen LogP contribution in [0.25, 0.3) is 0 Å². The first kappa shape index (κ1) is 18.3. The maximum atomic E-state index is 12.1. The van der Waals surface area contributed by atoms with Gasteiger partial charge < -0.3 is 15.5 Å². The summed E-state index contributed by atoms with van der Waals surface area (Å²) < 4.78 is 0. The Balaban J connectivity index is 1.69. The van der Waals surface area contributed by atoms with Crippen molar-refractivity contribution in [2.75, 3.05) is 13.1 Å². The number of hydrogen-bond acceptors (Lipinski definition) is 2. The third-order valence-electron chi connectivity index (χ3n) is 4.28. The first-order valence-corrected chi connectivity index (χ1v) is 8.84. The predicted octanol–water partition coefficient (Wildman–Crippen LogP) is 2.63. The van der Waals surface area contributed by atoms with E-state index in [0.29, 0.717) is 19.5 Å². The van der Waals surface area contributed by atoms with Crippen LogP contribution in [0.5, 0.6) is 0 Å². The van der Waals surface area contributed by atoms with Gasteiger partial charge in [0.15, 0.2) is 0 Å². The Morgan fingerprint density at radius 3 is 2.58 bits per heavy atom. The van der Waals surface area contributed by atoms with Crippen molar-refractivity contribution in [3.8, 4) is 0 Å². The van der Waals surface area contributed by atoms with Gasteiger partial charge in [-0.1, -0.05) is 29.8 Å². The molecule has 0 aromatic heterocycles. The Labute approximate surface area is 144 Å². The van der Waals surface area contributed by atoms with Gasteiger partial charge in [-0.2, -0.15) is 0 Å². The molecule has 1 aromatic rings. The van der Waals surface area contributed by atoms with E-state index in [4.69, 9.17) is 0 Å². The van der Waals surface area contributed by atoms with Crippen LogP contribution < -0.4 is 10.6 Å². The lowest BCUT2D eigenvalue weighted by Gasteiger charge is -2.33. The van der Waals surface area contributed by atoms with Crippen molar-refractivity contribution in [2.45, 2.75) is 58.5 Å². The largest absolute Gasteiger partial charge is 0.353 e. The van der Waals surface area contributed by atoms with E-state index in [1.165, 1.54) is 11.1 Å². The highest BCUT2D eigenvalue weighted by Crippen LogP contribution is 2.12. The van der Waals surface area contributed by atoms with E-state index in [0.717, 1.165) is 19.3 Å². The van der Waals surface area contributed by atoms with Crippen molar-refractivity contribution in [2.24, 2.45) is 0 Å². The van der Waals surface area contributed by atoms with Gasteiger partial charge in [0.05, 0.1) is 0 Å². The molecule has 2 N–H and O–H groups in total. The minimum Gasteiger partial charge on any atom is -0.353 e. The number of rotatable bonds is 5. The quantitative estimate of drug-likeness (QED) is 0.871. The fourth-order valence-electron chi connectivity index (χ4n) is 2.99. The first-order valence-electron chi connectivity index (χ1n) is 8.84. The fourth-order valence-corrected chi connectivity index (χ4v) is 2.99. The van der Waals surface area contributed by atoms with E-state index in [2.05, 4.69) is 35.8 Å². The van der Waals surface area contributed by atoms with Crippen molar-refractivity contribution in [3.63, 3.8) is 0 Å². The van der Waals surface area contributed by atoms with Gasteiger partial charge in [0.2, 0.25) is 5.91 Å². The van der Waals surface area contributed by atoms with Crippen LogP contribution in [-0.2, 0) is 11.2 Å². The molecule has 0 atom stereocenters. The third kappa shape index (κ3) is 5.87. The molecule has 0 bridgehead atoms. The van der Waals surface area contributed by atoms with E-state index in [1.807, 2.05) is 24.8 Å². The molecule has 5 nitrogen and oxygen atoms in total. The standard InChI is InChI=1S/C19H29N3O2/c1-14(2)20-19(24)22-11-9-17(10-12-22)21-18(23)8-7-16-6-4-5-15(3)13-16/h4-6,13-14,17H,7-12H2,1-3H3,(H,20,24)(H,21,23). The number of hydrogen-bond donors (Lipinski definition) is 2. The van der Waals surface area contributed by atoms with Crippen molar-refractivity contribution in [1.29, 1.82) is 0 Å². The molecule has 3 amide bonds. The molecule has 1 fully saturated rings. The number of urea groups is 1. The van der Waals surface area contributed by atoms with Crippen LogP contribution in [0, 0.1) is 6.92 Å². The minimum absolute atomic E-state index is 0.00535. The lowest BCUT2D eigenvalue weighted by molar-refractivity contribution is -0.122. The second-order valence-corrected chi connectivity index (χ2v) is 6.92. The highest BCUT2D eigenvalue weighted by Gasteiger charge is 2.23. The maximum absolute atomic E-state index is 12.1. The van der Waals surface area contributed by atoms with Crippen LogP contribution in [0.15, 0.2) is 24.3 Å². The summed E-state index contributed by atoms with van der Waals surface area (Å²) in [4.78, 5) is 25.9. The molecule has 0 saturated carbocycles. The Bertz CT molecular complexity index is 563. The second kappa shape index (κ2) is 8.71. The summed E-state index contributed by atoms with van der Waals surface area (Å²) in [5, 5.41) is 6.02. The monoisotopic (exact) mass is 331 g/mol. The number of carbonyl (C=O) groups excluding carboxylic acids is 2. The number of carbonyl (C=O) groups is 2. The van der Waals surface area contributed by atoms with Gasteiger partial charge in [0.25, 0.3) is 0 Å². The van der Waals surface area contributed by atoms with Gasteiger partial charge in [-0.05, 0) is 45.6 Å². The van der Waals surface area contributed by atoms with Crippen molar-refractivity contribution in [1.82, 2.24) is 15.5 Å². The minimum atomic E-state index is -0.00535. The molecular weight excluding hydrogens is 302 g/mol. The third-order valence-corrected chi connectivity index (χ3v) is 4.28. The molecule has 132 valence electrons. The molecule has 0 radical (unpaired) electrons. The van der Waals surface area contributed by atoms with E-state index >= 15 is 0 Å². The summed E-state index contributed by atoms with van der Waals surface area (Å²) in [6, 6.07) is 8.60. The molecular formula is C19H29N3O2. The zero-order chi connectivity index (χ0) is 17.5. The van der Waals surface area contributed by atoms with Gasteiger partial charge in [0, 0.05) is 31.6 Å². The van der Waals surface area contributed by atoms with Crippen molar-refractivity contribution in [3.05, 3.63) is 35.4 Å². The maximum Gasteiger partial charge on any atom is 0.317 e. The molecule has 0 spiro atoms. The number of amides is 3. The molecule has 1 aliphatic rings. The van der Waals surface area contributed by atoms with Gasteiger partial charge in [-0.15, -0.1) is 0 Å². The molecule has 24 heavy (non-hydrogen) atoms. The summed E-state index contributed by atoms with van der Waals surface area (Å²) in [6.45, 7) is 7.37. The summed E-state index contributed by atoms with van der Waals surface area (Å²) in [7, 11) is 0. The lowest BCUT2D eigenvalue weighted by Crippen LogP contribution is -2.50. The molecule has 1 saturated heterocycles. The molecule has 5 heteroatoms. The summed E-state index contributed by atoms with van der Waals surface area (Å²) >= 11 is 0. The zero-order valence-electron chi connectivity index (χ0n) is 15.0. The van der Waals surface area contributed by atoms with Gasteiger partial charge in [0.1, 0.15) is 0 Å². The first-order chi connectivity index (χ1) is 11.4. The Kier molecular flexibility index (Phi) is 6.64. The number of benzene rings is 1. The topological polar surface area (TPSA) is 61.4 Å². The molecule has 2 rings (SSSR count). The Hall–Kier alpha value is -2.04. The number of piperidine rings is 1. The SMILES string of the molecule is Cc1cccc(CCC(=O)NC2CCN(C(=O)NC(C)C)CC2)c1.